The number of hydrogen-bond acceptors (Lipinski definition) is 2. The van der Waals surface area contributed by atoms with E-state index in [2.05, 4.69) is 19.1 Å². The summed E-state index contributed by atoms with van der Waals surface area (Å²) in [4.78, 5) is 0.470. The van der Waals surface area contributed by atoms with Crippen LogP contribution in [-0.4, -0.2) is 8.76 Å². The molecule has 3 N–H and O–H groups in total. The second-order valence-corrected chi connectivity index (χ2v) is 7.20. The Hall–Kier alpha value is -2.01. The summed E-state index contributed by atoms with van der Waals surface area (Å²) in [6, 6.07) is 21.1. The highest BCUT2D eigenvalue weighted by molar-refractivity contribution is 7.79. The third kappa shape index (κ3) is 4.51. The van der Waals surface area contributed by atoms with Crippen LogP contribution in [0.15, 0.2) is 71.6 Å². The van der Waals surface area contributed by atoms with E-state index in [0.717, 1.165) is 10.8 Å². The van der Waals surface area contributed by atoms with Crippen LogP contribution >= 0.6 is 0 Å². The molecular weight excluding hydrogens is 318 g/mol. The molecule has 0 amide bonds. The van der Waals surface area contributed by atoms with Crippen LogP contribution in [0.5, 0.6) is 0 Å². The lowest BCUT2D eigenvalue weighted by Gasteiger charge is -2.21. The largest absolute Gasteiger partial charge is 0.322 e. The van der Waals surface area contributed by atoms with Crippen molar-refractivity contribution in [3.8, 4) is 0 Å². The molecule has 0 aliphatic rings. The maximum Gasteiger partial charge on any atom is 0.187 e. The Bertz CT molecular complexity index is 848. The molecule has 0 spiro atoms. The average molecular weight is 341 g/mol. The first-order valence-electron chi connectivity index (χ1n) is 7.74. The van der Waals surface area contributed by atoms with Gasteiger partial charge in [0.2, 0.25) is 0 Å². The number of fused-ring (bicyclic) bond motifs is 1. The van der Waals surface area contributed by atoms with Gasteiger partial charge in [-0.1, -0.05) is 60.7 Å². The highest BCUT2D eigenvalue weighted by atomic mass is 32.2. The minimum absolute atomic E-state index is 0.217. The van der Waals surface area contributed by atoms with Gasteiger partial charge in [0.15, 0.2) is 11.1 Å². The molecule has 3 rings (SSSR count). The van der Waals surface area contributed by atoms with Crippen molar-refractivity contribution >= 4 is 21.9 Å². The van der Waals surface area contributed by atoms with Crippen molar-refractivity contribution in [2.75, 3.05) is 0 Å². The summed E-state index contributed by atoms with van der Waals surface area (Å²) < 4.78 is 19.9. The first kappa shape index (κ1) is 18.3. The molecular formula is C20H23NO2S. The van der Waals surface area contributed by atoms with Gasteiger partial charge >= 0.3 is 0 Å². The monoisotopic (exact) mass is 341 g/mol. The minimum Gasteiger partial charge on any atom is -0.322 e. The van der Waals surface area contributed by atoms with E-state index in [0.29, 0.717) is 4.90 Å². The zero-order valence-electron chi connectivity index (χ0n) is 14.2. The summed E-state index contributed by atoms with van der Waals surface area (Å²) in [6.45, 7) is 6.13. The van der Waals surface area contributed by atoms with Crippen LogP contribution in [-0.2, 0) is 16.6 Å². The van der Waals surface area contributed by atoms with Gasteiger partial charge < -0.3 is 10.3 Å². The summed E-state index contributed by atoms with van der Waals surface area (Å²) in [6.07, 6.45) is 0. The van der Waals surface area contributed by atoms with Crippen molar-refractivity contribution < 1.29 is 8.76 Å². The fourth-order valence-electron chi connectivity index (χ4n) is 2.64. The number of nitrogens with two attached hydrogens (primary N) is 1. The molecule has 0 saturated heterocycles. The summed E-state index contributed by atoms with van der Waals surface area (Å²) in [5, 5.41) is 1.83. The van der Waals surface area contributed by atoms with Crippen molar-refractivity contribution in [1.29, 1.82) is 0 Å². The smallest absolute Gasteiger partial charge is 0.187 e. The molecule has 0 fully saturated rings. The molecule has 0 aliphatic carbocycles. The van der Waals surface area contributed by atoms with Crippen molar-refractivity contribution in [1.82, 2.24) is 0 Å². The molecule has 0 bridgehead atoms. The zero-order chi connectivity index (χ0) is 17.7. The summed E-state index contributed by atoms with van der Waals surface area (Å²) in [5.74, 6) is 0. The van der Waals surface area contributed by atoms with Crippen LogP contribution in [0.2, 0.25) is 0 Å². The van der Waals surface area contributed by atoms with Crippen LogP contribution < -0.4 is 5.73 Å². The molecule has 1 atom stereocenters. The van der Waals surface area contributed by atoms with Crippen LogP contribution in [0.1, 0.15) is 25.0 Å². The third-order valence-electron chi connectivity index (χ3n) is 3.78. The minimum atomic E-state index is -1.90. The molecule has 3 nitrogen and oxygen atoms in total. The van der Waals surface area contributed by atoms with Crippen molar-refractivity contribution in [3.63, 3.8) is 0 Å². The lowest BCUT2D eigenvalue weighted by Crippen LogP contribution is -2.29. The van der Waals surface area contributed by atoms with Gasteiger partial charge in [0.1, 0.15) is 0 Å². The number of benzene rings is 3. The molecule has 0 aromatic heterocycles. The second kappa shape index (κ2) is 7.71. The van der Waals surface area contributed by atoms with Crippen LogP contribution in [0, 0.1) is 6.92 Å². The van der Waals surface area contributed by atoms with Gasteiger partial charge in [-0.25, -0.2) is 4.21 Å². The van der Waals surface area contributed by atoms with Gasteiger partial charge in [-0.05, 0) is 43.4 Å². The van der Waals surface area contributed by atoms with E-state index in [1.54, 1.807) is 12.1 Å². The first-order chi connectivity index (χ1) is 11.3. The second-order valence-electron chi connectivity index (χ2n) is 6.26. The van der Waals surface area contributed by atoms with E-state index >= 15 is 0 Å². The fourth-order valence-corrected chi connectivity index (χ4v) is 3.21. The molecule has 3 aromatic carbocycles. The normalized spacial score (nSPS) is 12.4. The highest BCUT2D eigenvalue weighted by Gasteiger charge is 2.14. The van der Waals surface area contributed by atoms with Gasteiger partial charge in [0.25, 0.3) is 0 Å². The fraction of sp³-hybridized carbons (Fsp3) is 0.200. The van der Waals surface area contributed by atoms with Crippen LogP contribution in [0.25, 0.3) is 10.8 Å². The molecule has 0 aliphatic heterocycles. The molecule has 24 heavy (non-hydrogen) atoms. The topological polar surface area (TPSA) is 63.3 Å². The standard InChI is InChI=1S/C10H15N.C10H8O2S/c1-8-6-4-5-7-9(8)10(2,3)11;11-13(12)10-7-3-5-8-4-1-2-6-9(8)10/h4-7H,11H2,1-3H3;1-7H,(H,11,12). The number of rotatable bonds is 2. The summed E-state index contributed by atoms with van der Waals surface area (Å²) in [7, 11) is 0. The predicted molar refractivity (Wildman–Crippen MR) is 101 cm³/mol. The Labute approximate surface area is 145 Å². The van der Waals surface area contributed by atoms with E-state index in [-0.39, 0.29) is 5.54 Å². The zero-order valence-corrected chi connectivity index (χ0v) is 15.0. The molecule has 126 valence electrons. The Morgan fingerprint density at radius 1 is 0.917 bits per heavy atom. The molecule has 0 radical (unpaired) electrons. The average Bonchev–Trinajstić information content (AvgIpc) is 2.54. The lowest BCUT2D eigenvalue weighted by atomic mass is 9.92. The molecule has 4 heteroatoms. The summed E-state index contributed by atoms with van der Waals surface area (Å²) >= 11 is -1.90. The maximum absolute atomic E-state index is 10.9. The number of aryl methyl sites for hydroxylation is 1. The van der Waals surface area contributed by atoms with Gasteiger partial charge in [-0.2, -0.15) is 0 Å². The quantitative estimate of drug-likeness (QED) is 0.669. The van der Waals surface area contributed by atoms with Crippen molar-refractivity contribution in [2.24, 2.45) is 5.73 Å². The molecule has 3 aromatic rings. The summed E-state index contributed by atoms with van der Waals surface area (Å²) in [5.41, 5.74) is 8.23. The Kier molecular flexibility index (Phi) is 5.89. The van der Waals surface area contributed by atoms with Gasteiger partial charge in [-0.15, -0.1) is 0 Å². The molecule has 0 heterocycles. The third-order valence-corrected chi connectivity index (χ3v) is 4.51. The highest BCUT2D eigenvalue weighted by Crippen LogP contribution is 2.20. The number of hydrogen-bond donors (Lipinski definition) is 2. The first-order valence-corrected chi connectivity index (χ1v) is 8.85. The Morgan fingerprint density at radius 2 is 1.50 bits per heavy atom. The SMILES string of the molecule is Cc1ccccc1C(C)(C)N.O=S(O)c1cccc2ccccc12. The predicted octanol–water partition coefficient (Wildman–Crippen LogP) is 4.61. The van der Waals surface area contributed by atoms with E-state index < -0.39 is 11.1 Å². The lowest BCUT2D eigenvalue weighted by molar-refractivity contribution is 0.551. The van der Waals surface area contributed by atoms with Crippen molar-refractivity contribution in [2.45, 2.75) is 31.2 Å². The maximum atomic E-state index is 10.9. The van der Waals surface area contributed by atoms with E-state index in [1.807, 2.05) is 56.3 Å². The van der Waals surface area contributed by atoms with Crippen LogP contribution in [0.4, 0.5) is 0 Å². The molecule has 0 saturated carbocycles. The van der Waals surface area contributed by atoms with Gasteiger partial charge in [-0.3, -0.25) is 0 Å². The van der Waals surface area contributed by atoms with E-state index in [1.165, 1.54) is 11.1 Å². The van der Waals surface area contributed by atoms with Crippen molar-refractivity contribution in [3.05, 3.63) is 77.9 Å². The van der Waals surface area contributed by atoms with Gasteiger partial charge in [0.05, 0.1) is 4.90 Å². The van der Waals surface area contributed by atoms with Gasteiger partial charge in [0, 0.05) is 10.9 Å². The Morgan fingerprint density at radius 3 is 2.08 bits per heavy atom. The Balaban J connectivity index is 0.000000177. The van der Waals surface area contributed by atoms with E-state index in [4.69, 9.17) is 10.3 Å². The van der Waals surface area contributed by atoms with Crippen LogP contribution in [0.3, 0.4) is 0 Å². The van der Waals surface area contributed by atoms with E-state index in [9.17, 15) is 4.21 Å². The molecule has 1 unspecified atom stereocenters.